The number of para-hydroxylation sites is 2. The zero-order chi connectivity index (χ0) is 16.8. The molecule has 1 aliphatic rings. The lowest BCUT2D eigenvalue weighted by Gasteiger charge is -2.30. The van der Waals surface area contributed by atoms with Crippen molar-refractivity contribution in [1.82, 2.24) is 0 Å². The van der Waals surface area contributed by atoms with E-state index in [1.54, 1.807) is 0 Å². The number of anilines is 2. The van der Waals surface area contributed by atoms with E-state index in [0.29, 0.717) is 19.0 Å². The molecule has 0 spiro atoms. The van der Waals surface area contributed by atoms with E-state index in [0.717, 1.165) is 30.0 Å². The van der Waals surface area contributed by atoms with Gasteiger partial charge in [0.15, 0.2) is 6.61 Å². The first-order valence-electron chi connectivity index (χ1n) is 8.13. The van der Waals surface area contributed by atoms with Gasteiger partial charge in [-0.2, -0.15) is 0 Å². The first-order chi connectivity index (χ1) is 11.7. The van der Waals surface area contributed by atoms with Gasteiger partial charge in [-0.3, -0.25) is 4.79 Å². The van der Waals surface area contributed by atoms with Gasteiger partial charge in [0, 0.05) is 13.1 Å². The van der Waals surface area contributed by atoms with Crippen LogP contribution in [0.25, 0.3) is 0 Å². The molecule has 1 saturated heterocycles. The predicted octanol–water partition coefficient (Wildman–Crippen LogP) is 2.85. The highest BCUT2D eigenvalue weighted by atomic mass is 16.5. The second-order valence-corrected chi connectivity index (χ2v) is 5.77. The van der Waals surface area contributed by atoms with E-state index in [1.165, 1.54) is 0 Å². The van der Waals surface area contributed by atoms with E-state index in [9.17, 15) is 4.79 Å². The van der Waals surface area contributed by atoms with Crippen molar-refractivity contribution in [2.75, 3.05) is 43.1 Å². The van der Waals surface area contributed by atoms with Crippen LogP contribution in [0.15, 0.2) is 48.5 Å². The number of carbonyl (C=O) groups is 1. The highest BCUT2D eigenvalue weighted by Gasteiger charge is 2.15. The molecule has 1 amide bonds. The van der Waals surface area contributed by atoms with Crippen molar-refractivity contribution in [3.05, 3.63) is 54.1 Å². The Balaban J connectivity index is 1.62. The van der Waals surface area contributed by atoms with E-state index in [4.69, 9.17) is 9.47 Å². The standard InChI is InChI=1S/C19H22N2O3/c1-15-5-4-6-16(13-15)24-14-19(22)20-17-7-2-3-8-18(17)21-9-11-23-12-10-21/h2-8,13H,9-12,14H2,1H3,(H,20,22). The van der Waals surface area contributed by atoms with Gasteiger partial charge in [0.2, 0.25) is 0 Å². The molecule has 0 saturated carbocycles. The Kier molecular flexibility index (Phi) is 5.33. The molecule has 0 bridgehead atoms. The summed E-state index contributed by atoms with van der Waals surface area (Å²) < 4.78 is 11.0. The molecule has 0 radical (unpaired) electrons. The molecule has 0 unspecified atom stereocenters. The van der Waals surface area contributed by atoms with Crippen molar-refractivity contribution in [2.45, 2.75) is 6.92 Å². The van der Waals surface area contributed by atoms with Crippen molar-refractivity contribution >= 4 is 17.3 Å². The summed E-state index contributed by atoms with van der Waals surface area (Å²) in [5.41, 5.74) is 2.92. The molecule has 2 aromatic carbocycles. The number of carbonyl (C=O) groups excluding carboxylic acids is 1. The second kappa shape index (κ2) is 7.84. The van der Waals surface area contributed by atoms with Crippen LogP contribution in [0.5, 0.6) is 5.75 Å². The van der Waals surface area contributed by atoms with E-state index in [1.807, 2.05) is 55.5 Å². The van der Waals surface area contributed by atoms with Gasteiger partial charge in [0.25, 0.3) is 5.91 Å². The molecule has 1 aliphatic heterocycles. The van der Waals surface area contributed by atoms with Crippen molar-refractivity contribution in [2.24, 2.45) is 0 Å². The highest BCUT2D eigenvalue weighted by Crippen LogP contribution is 2.26. The number of morpholine rings is 1. The molecule has 0 aromatic heterocycles. The van der Waals surface area contributed by atoms with Crippen LogP contribution < -0.4 is 15.0 Å². The number of aryl methyl sites for hydroxylation is 1. The Labute approximate surface area is 142 Å². The fourth-order valence-electron chi connectivity index (χ4n) is 2.70. The van der Waals surface area contributed by atoms with Crippen LogP contribution >= 0.6 is 0 Å². The van der Waals surface area contributed by atoms with Gasteiger partial charge in [0.05, 0.1) is 24.6 Å². The number of hydrogen-bond donors (Lipinski definition) is 1. The topological polar surface area (TPSA) is 50.8 Å². The van der Waals surface area contributed by atoms with E-state index < -0.39 is 0 Å². The molecular weight excluding hydrogens is 304 g/mol. The van der Waals surface area contributed by atoms with Gasteiger partial charge < -0.3 is 19.7 Å². The predicted molar refractivity (Wildman–Crippen MR) is 94.8 cm³/mol. The van der Waals surface area contributed by atoms with Crippen LogP contribution in [0.3, 0.4) is 0 Å². The summed E-state index contributed by atoms with van der Waals surface area (Å²) in [6, 6.07) is 15.5. The molecular formula is C19H22N2O3. The minimum Gasteiger partial charge on any atom is -0.484 e. The third kappa shape index (κ3) is 4.26. The summed E-state index contributed by atoms with van der Waals surface area (Å²) >= 11 is 0. The van der Waals surface area contributed by atoms with E-state index in [2.05, 4.69) is 10.2 Å². The molecule has 2 aromatic rings. The monoisotopic (exact) mass is 326 g/mol. The van der Waals surface area contributed by atoms with Crippen LogP contribution in [-0.4, -0.2) is 38.8 Å². The lowest BCUT2D eigenvalue weighted by molar-refractivity contribution is -0.118. The first kappa shape index (κ1) is 16.3. The average Bonchev–Trinajstić information content (AvgIpc) is 2.61. The molecule has 5 heteroatoms. The Hall–Kier alpha value is -2.53. The number of nitrogens with one attached hydrogen (secondary N) is 1. The molecule has 3 rings (SSSR count). The molecule has 1 fully saturated rings. The summed E-state index contributed by atoms with van der Waals surface area (Å²) in [7, 11) is 0. The Morgan fingerprint density at radius 2 is 1.96 bits per heavy atom. The minimum atomic E-state index is -0.169. The van der Waals surface area contributed by atoms with Crippen LogP contribution in [0.1, 0.15) is 5.56 Å². The fourth-order valence-corrected chi connectivity index (χ4v) is 2.70. The van der Waals surface area contributed by atoms with Gasteiger partial charge in [0.1, 0.15) is 5.75 Å². The molecule has 5 nitrogen and oxygen atoms in total. The summed E-state index contributed by atoms with van der Waals surface area (Å²) in [6.45, 7) is 5.04. The Morgan fingerprint density at radius 1 is 1.17 bits per heavy atom. The Morgan fingerprint density at radius 3 is 2.75 bits per heavy atom. The molecule has 0 atom stereocenters. The van der Waals surface area contributed by atoms with Crippen LogP contribution in [-0.2, 0) is 9.53 Å². The molecule has 126 valence electrons. The van der Waals surface area contributed by atoms with Crippen molar-refractivity contribution < 1.29 is 14.3 Å². The average molecular weight is 326 g/mol. The lowest BCUT2D eigenvalue weighted by Crippen LogP contribution is -2.36. The van der Waals surface area contributed by atoms with Gasteiger partial charge in [-0.1, -0.05) is 24.3 Å². The number of amides is 1. The maximum atomic E-state index is 12.2. The number of rotatable bonds is 5. The summed E-state index contributed by atoms with van der Waals surface area (Å²) in [6.07, 6.45) is 0. The number of ether oxygens (including phenoxy) is 2. The molecule has 24 heavy (non-hydrogen) atoms. The second-order valence-electron chi connectivity index (χ2n) is 5.77. The van der Waals surface area contributed by atoms with E-state index in [-0.39, 0.29) is 12.5 Å². The van der Waals surface area contributed by atoms with Crippen molar-refractivity contribution in [3.8, 4) is 5.75 Å². The summed E-state index contributed by atoms with van der Waals surface area (Å²) in [4.78, 5) is 14.4. The summed E-state index contributed by atoms with van der Waals surface area (Å²) in [5.74, 6) is 0.531. The number of benzene rings is 2. The van der Waals surface area contributed by atoms with Gasteiger partial charge in [-0.05, 0) is 36.8 Å². The Bertz CT molecular complexity index is 697. The smallest absolute Gasteiger partial charge is 0.262 e. The van der Waals surface area contributed by atoms with Crippen molar-refractivity contribution in [1.29, 1.82) is 0 Å². The maximum absolute atomic E-state index is 12.2. The highest BCUT2D eigenvalue weighted by molar-refractivity contribution is 5.95. The number of nitrogens with zero attached hydrogens (tertiary/aromatic N) is 1. The molecule has 0 aliphatic carbocycles. The zero-order valence-corrected chi connectivity index (χ0v) is 13.8. The zero-order valence-electron chi connectivity index (χ0n) is 13.8. The third-order valence-electron chi connectivity index (χ3n) is 3.89. The normalized spacial score (nSPS) is 14.3. The van der Waals surface area contributed by atoms with E-state index >= 15 is 0 Å². The molecule has 1 N–H and O–H groups in total. The fraction of sp³-hybridized carbons (Fsp3) is 0.316. The van der Waals surface area contributed by atoms with Crippen molar-refractivity contribution in [3.63, 3.8) is 0 Å². The number of hydrogen-bond acceptors (Lipinski definition) is 4. The van der Waals surface area contributed by atoms with Gasteiger partial charge in [-0.25, -0.2) is 0 Å². The SMILES string of the molecule is Cc1cccc(OCC(=O)Nc2ccccc2N2CCOCC2)c1. The van der Waals surface area contributed by atoms with Gasteiger partial charge in [-0.15, -0.1) is 0 Å². The quantitative estimate of drug-likeness (QED) is 0.918. The van der Waals surface area contributed by atoms with Crippen LogP contribution in [0.2, 0.25) is 0 Å². The lowest BCUT2D eigenvalue weighted by atomic mass is 10.2. The van der Waals surface area contributed by atoms with Crippen LogP contribution in [0.4, 0.5) is 11.4 Å². The first-order valence-corrected chi connectivity index (χ1v) is 8.13. The molecule has 1 heterocycles. The third-order valence-corrected chi connectivity index (χ3v) is 3.89. The largest absolute Gasteiger partial charge is 0.484 e. The van der Waals surface area contributed by atoms with Crippen LogP contribution in [0, 0.1) is 6.92 Å². The maximum Gasteiger partial charge on any atom is 0.262 e. The summed E-state index contributed by atoms with van der Waals surface area (Å²) in [5, 5.41) is 2.95. The van der Waals surface area contributed by atoms with Gasteiger partial charge >= 0.3 is 0 Å². The minimum absolute atomic E-state index is 0.0130.